The van der Waals surface area contributed by atoms with Gasteiger partial charge in [-0.05, 0) is 35.2 Å². The molecule has 5 rings (SSSR count). The van der Waals surface area contributed by atoms with Crippen molar-refractivity contribution in [3.63, 3.8) is 0 Å². The second kappa shape index (κ2) is 7.06. The molecule has 4 aromatic heterocycles. The fraction of sp³-hybridized carbons (Fsp3) is 0.190. The minimum absolute atomic E-state index is 0.667. The molecule has 0 N–H and O–H groups in total. The molecular formula is C21H18N4OS. The van der Waals surface area contributed by atoms with Crippen molar-refractivity contribution in [2.24, 2.45) is 0 Å². The summed E-state index contributed by atoms with van der Waals surface area (Å²) in [6, 6.07) is 10.1. The van der Waals surface area contributed by atoms with Crippen molar-refractivity contribution in [2.45, 2.75) is 19.5 Å². The largest absolute Gasteiger partial charge is 0.461 e. The van der Waals surface area contributed by atoms with Gasteiger partial charge in [0.1, 0.15) is 0 Å². The topological polar surface area (TPSA) is 55.1 Å². The number of nitrogens with zero attached hydrogens (tertiary/aromatic N) is 4. The highest BCUT2D eigenvalue weighted by Crippen LogP contribution is 2.23. The second-order valence-electron chi connectivity index (χ2n) is 6.67. The van der Waals surface area contributed by atoms with E-state index >= 15 is 0 Å². The number of pyridine rings is 1. The lowest BCUT2D eigenvalue weighted by Gasteiger charge is -2.27. The fourth-order valence-corrected chi connectivity index (χ4v) is 4.04. The molecule has 0 aliphatic carbocycles. The summed E-state index contributed by atoms with van der Waals surface area (Å²) in [5, 5.41) is 4.20. The summed E-state index contributed by atoms with van der Waals surface area (Å²) < 4.78 is 5.41. The molecule has 0 spiro atoms. The number of rotatable bonds is 4. The molecule has 0 saturated carbocycles. The van der Waals surface area contributed by atoms with Crippen molar-refractivity contribution in [1.82, 2.24) is 19.9 Å². The standard InChI is InChI=1S/C21H18N4OS/c1-2-20(26-8-1)21-23-11-17-13-25(7-5-19(17)24-21)12-15-3-4-18(22-10-15)16-6-9-27-14-16/h1-4,6,8-11,14H,5,7,12-13H2. The SMILES string of the molecule is c1coc(-c2ncc3c(n2)CCN(Cc2ccc(-c4ccsc4)nc2)C3)c1. The number of aromatic nitrogens is 3. The normalized spacial score (nSPS) is 14.2. The molecule has 0 fully saturated rings. The van der Waals surface area contributed by atoms with Gasteiger partial charge in [0, 0.05) is 55.0 Å². The molecular weight excluding hydrogens is 356 g/mol. The summed E-state index contributed by atoms with van der Waals surface area (Å²) >= 11 is 1.69. The van der Waals surface area contributed by atoms with Crippen LogP contribution in [-0.4, -0.2) is 26.4 Å². The second-order valence-corrected chi connectivity index (χ2v) is 7.45. The van der Waals surface area contributed by atoms with Gasteiger partial charge < -0.3 is 4.42 Å². The average molecular weight is 374 g/mol. The highest BCUT2D eigenvalue weighted by Gasteiger charge is 2.19. The molecule has 0 unspecified atom stereocenters. The van der Waals surface area contributed by atoms with Gasteiger partial charge in [-0.3, -0.25) is 9.88 Å². The van der Waals surface area contributed by atoms with Gasteiger partial charge in [-0.2, -0.15) is 11.3 Å². The predicted molar refractivity (Wildman–Crippen MR) is 105 cm³/mol. The van der Waals surface area contributed by atoms with Gasteiger partial charge in [-0.25, -0.2) is 9.97 Å². The number of thiophene rings is 1. The van der Waals surface area contributed by atoms with E-state index in [-0.39, 0.29) is 0 Å². The maximum absolute atomic E-state index is 5.41. The van der Waals surface area contributed by atoms with Gasteiger partial charge in [0.25, 0.3) is 0 Å². The van der Waals surface area contributed by atoms with Gasteiger partial charge in [0.05, 0.1) is 17.7 Å². The first-order valence-electron chi connectivity index (χ1n) is 8.94. The highest BCUT2D eigenvalue weighted by molar-refractivity contribution is 7.08. The van der Waals surface area contributed by atoms with Crippen molar-refractivity contribution in [3.8, 4) is 22.8 Å². The molecule has 0 aromatic carbocycles. The summed E-state index contributed by atoms with van der Waals surface area (Å²) in [7, 11) is 0. The molecule has 0 atom stereocenters. The van der Waals surface area contributed by atoms with Gasteiger partial charge >= 0.3 is 0 Å². The van der Waals surface area contributed by atoms with Crippen molar-refractivity contribution in [1.29, 1.82) is 0 Å². The summed E-state index contributed by atoms with van der Waals surface area (Å²) in [6.45, 7) is 2.73. The third kappa shape index (κ3) is 3.41. The minimum Gasteiger partial charge on any atom is -0.461 e. The van der Waals surface area contributed by atoms with Crippen LogP contribution in [0.1, 0.15) is 16.8 Å². The molecule has 0 saturated heterocycles. The molecule has 0 amide bonds. The Kier molecular flexibility index (Phi) is 4.27. The zero-order valence-electron chi connectivity index (χ0n) is 14.7. The summed E-state index contributed by atoms with van der Waals surface area (Å²) in [5.41, 5.74) is 5.76. The van der Waals surface area contributed by atoms with E-state index in [9.17, 15) is 0 Å². The zero-order valence-corrected chi connectivity index (χ0v) is 15.5. The first kappa shape index (κ1) is 16.4. The maximum atomic E-state index is 5.41. The van der Waals surface area contributed by atoms with Crippen LogP contribution >= 0.6 is 11.3 Å². The Morgan fingerprint density at radius 2 is 2.11 bits per heavy atom. The van der Waals surface area contributed by atoms with Gasteiger partial charge in [0.2, 0.25) is 0 Å². The van der Waals surface area contributed by atoms with E-state index in [1.807, 2.05) is 24.5 Å². The van der Waals surface area contributed by atoms with Gasteiger partial charge in [-0.15, -0.1) is 0 Å². The first-order valence-corrected chi connectivity index (χ1v) is 9.88. The molecule has 6 heteroatoms. The van der Waals surface area contributed by atoms with Crippen LogP contribution in [0.3, 0.4) is 0 Å². The molecule has 0 bridgehead atoms. The maximum Gasteiger partial charge on any atom is 0.195 e. The Hall–Kier alpha value is -2.83. The van der Waals surface area contributed by atoms with Crippen molar-refractivity contribution < 1.29 is 4.42 Å². The van der Waals surface area contributed by atoms with E-state index in [1.54, 1.807) is 17.6 Å². The molecule has 134 valence electrons. The number of hydrogen-bond donors (Lipinski definition) is 0. The Bertz CT molecular complexity index is 1030. The Balaban J connectivity index is 1.28. The monoisotopic (exact) mass is 374 g/mol. The van der Waals surface area contributed by atoms with E-state index in [0.29, 0.717) is 5.82 Å². The number of furan rings is 1. The summed E-state index contributed by atoms with van der Waals surface area (Å²) in [5.74, 6) is 1.39. The third-order valence-electron chi connectivity index (χ3n) is 4.80. The van der Waals surface area contributed by atoms with Crippen LogP contribution in [0.15, 0.2) is 64.2 Å². The van der Waals surface area contributed by atoms with E-state index < -0.39 is 0 Å². The lowest BCUT2D eigenvalue weighted by molar-refractivity contribution is 0.242. The van der Waals surface area contributed by atoms with Crippen LogP contribution < -0.4 is 0 Å². The quantitative estimate of drug-likeness (QED) is 0.529. The molecule has 5 heterocycles. The van der Waals surface area contributed by atoms with Gasteiger partial charge in [-0.1, -0.05) is 6.07 Å². The fourth-order valence-electron chi connectivity index (χ4n) is 3.39. The summed E-state index contributed by atoms with van der Waals surface area (Å²) in [4.78, 5) is 16.2. The van der Waals surface area contributed by atoms with Crippen molar-refractivity contribution in [3.05, 3.63) is 76.6 Å². The van der Waals surface area contributed by atoms with Crippen LogP contribution in [0.4, 0.5) is 0 Å². The van der Waals surface area contributed by atoms with Gasteiger partial charge in [0.15, 0.2) is 11.6 Å². The predicted octanol–water partition coefficient (Wildman–Crippen LogP) is 4.42. The number of fused-ring (bicyclic) bond motifs is 1. The van der Waals surface area contributed by atoms with Crippen molar-refractivity contribution >= 4 is 11.3 Å². The molecule has 4 aromatic rings. The smallest absolute Gasteiger partial charge is 0.195 e. The summed E-state index contributed by atoms with van der Waals surface area (Å²) in [6.07, 6.45) is 6.49. The Morgan fingerprint density at radius 1 is 1.11 bits per heavy atom. The van der Waals surface area contributed by atoms with Crippen LogP contribution in [0.2, 0.25) is 0 Å². The Morgan fingerprint density at radius 3 is 2.89 bits per heavy atom. The highest BCUT2D eigenvalue weighted by atomic mass is 32.1. The third-order valence-corrected chi connectivity index (χ3v) is 5.49. The first-order chi connectivity index (χ1) is 13.3. The average Bonchev–Trinajstić information content (AvgIpc) is 3.42. The molecule has 5 nitrogen and oxygen atoms in total. The van der Waals surface area contributed by atoms with E-state index in [2.05, 4.69) is 43.8 Å². The molecule has 27 heavy (non-hydrogen) atoms. The minimum atomic E-state index is 0.667. The van der Waals surface area contributed by atoms with E-state index in [0.717, 1.165) is 43.2 Å². The number of hydrogen-bond acceptors (Lipinski definition) is 6. The van der Waals surface area contributed by atoms with E-state index in [1.165, 1.54) is 16.7 Å². The lowest BCUT2D eigenvalue weighted by Crippen LogP contribution is -2.31. The molecule has 1 aliphatic heterocycles. The lowest BCUT2D eigenvalue weighted by atomic mass is 10.1. The van der Waals surface area contributed by atoms with Crippen LogP contribution in [0.25, 0.3) is 22.8 Å². The molecule has 0 radical (unpaired) electrons. The van der Waals surface area contributed by atoms with Crippen molar-refractivity contribution in [2.75, 3.05) is 6.54 Å². The van der Waals surface area contributed by atoms with E-state index in [4.69, 9.17) is 9.40 Å². The Labute approximate surface area is 161 Å². The van der Waals surface area contributed by atoms with Crippen LogP contribution in [-0.2, 0) is 19.5 Å². The molecule has 1 aliphatic rings. The van der Waals surface area contributed by atoms with Crippen LogP contribution in [0, 0.1) is 0 Å². The van der Waals surface area contributed by atoms with Crippen LogP contribution in [0.5, 0.6) is 0 Å². The zero-order chi connectivity index (χ0) is 18.1.